The number of hydrogen-bond donors (Lipinski definition) is 3. The predicted octanol–water partition coefficient (Wildman–Crippen LogP) is -0.303. The lowest BCUT2D eigenvalue weighted by Crippen LogP contribution is -2.68. The van der Waals surface area contributed by atoms with Gasteiger partial charge in [0.1, 0.15) is 0 Å². The second kappa shape index (κ2) is 4.79. The van der Waals surface area contributed by atoms with Crippen LogP contribution in [0.2, 0.25) is 0 Å². The summed E-state index contributed by atoms with van der Waals surface area (Å²) < 4.78 is 0. The highest BCUT2D eigenvalue weighted by molar-refractivity contribution is 5.85. The van der Waals surface area contributed by atoms with Crippen LogP contribution in [0, 0.1) is 11.3 Å². The summed E-state index contributed by atoms with van der Waals surface area (Å²) in [5.74, 6) is -1.53. The van der Waals surface area contributed by atoms with Gasteiger partial charge in [-0.25, -0.2) is 14.4 Å². The molecule has 0 aromatic carbocycles. The Labute approximate surface area is 101 Å². The molecule has 0 bridgehead atoms. The normalized spacial score (nSPS) is 23.3. The number of aliphatic carboxylic acids is 1. The Morgan fingerprint density at radius 2 is 1.78 bits per heavy atom. The maximum Gasteiger partial charge on any atom is 0.408 e. The van der Waals surface area contributed by atoms with Gasteiger partial charge in [-0.2, -0.15) is 5.26 Å². The molecule has 98 valence electrons. The highest BCUT2D eigenvalue weighted by Gasteiger charge is 2.51. The van der Waals surface area contributed by atoms with Crippen LogP contribution in [0.3, 0.4) is 0 Å². The van der Waals surface area contributed by atoms with E-state index in [2.05, 4.69) is 0 Å². The smallest absolute Gasteiger partial charge is 0.408 e. The van der Waals surface area contributed by atoms with Crippen LogP contribution >= 0.6 is 0 Å². The zero-order chi connectivity index (χ0) is 13.9. The number of rotatable bonds is 2. The van der Waals surface area contributed by atoms with Gasteiger partial charge in [0, 0.05) is 13.1 Å². The number of amides is 2. The minimum absolute atomic E-state index is 0.123. The van der Waals surface area contributed by atoms with E-state index in [0.29, 0.717) is 4.90 Å². The molecule has 0 aliphatic carbocycles. The molecule has 1 saturated heterocycles. The van der Waals surface area contributed by atoms with Crippen molar-refractivity contribution < 1.29 is 29.7 Å². The molecule has 9 nitrogen and oxygen atoms in total. The van der Waals surface area contributed by atoms with Gasteiger partial charge in [0.05, 0.1) is 19.0 Å². The van der Waals surface area contributed by atoms with E-state index in [4.69, 9.17) is 20.6 Å². The third-order valence-electron chi connectivity index (χ3n) is 2.83. The Morgan fingerprint density at radius 3 is 2.17 bits per heavy atom. The van der Waals surface area contributed by atoms with E-state index in [1.165, 1.54) is 0 Å². The van der Waals surface area contributed by atoms with Crippen LogP contribution in [-0.4, -0.2) is 68.4 Å². The van der Waals surface area contributed by atoms with E-state index in [1.54, 1.807) is 6.07 Å². The molecular weight excluding hydrogens is 246 g/mol. The van der Waals surface area contributed by atoms with E-state index in [-0.39, 0.29) is 13.1 Å². The SMILES string of the molecule is N#CCC1(C(=O)O)CN(C(=O)O)CCN1C(=O)O. The fraction of sp³-hybridized carbons (Fsp3) is 0.556. The third kappa shape index (κ3) is 2.13. The van der Waals surface area contributed by atoms with Crippen molar-refractivity contribution in [1.29, 1.82) is 5.26 Å². The molecule has 1 atom stereocenters. The van der Waals surface area contributed by atoms with E-state index in [0.717, 1.165) is 4.90 Å². The molecule has 0 aromatic heterocycles. The van der Waals surface area contributed by atoms with Crippen LogP contribution in [0.5, 0.6) is 0 Å². The summed E-state index contributed by atoms with van der Waals surface area (Å²) in [6.45, 7) is -0.963. The zero-order valence-electron chi connectivity index (χ0n) is 9.24. The molecule has 3 N–H and O–H groups in total. The van der Waals surface area contributed by atoms with Crippen LogP contribution in [-0.2, 0) is 4.79 Å². The molecule has 0 aromatic rings. The van der Waals surface area contributed by atoms with Crippen molar-refractivity contribution in [3.8, 4) is 6.07 Å². The molecule has 0 radical (unpaired) electrons. The number of carbonyl (C=O) groups is 3. The standard InChI is InChI=1S/C9H11N3O6/c10-2-1-9(6(13)14)5-11(7(15)16)3-4-12(9)8(17)18/h1,3-5H2,(H,13,14)(H,15,16)(H,17,18). The largest absolute Gasteiger partial charge is 0.479 e. The van der Waals surface area contributed by atoms with E-state index >= 15 is 0 Å². The predicted molar refractivity (Wildman–Crippen MR) is 54.9 cm³/mol. The van der Waals surface area contributed by atoms with Gasteiger partial charge in [-0.05, 0) is 0 Å². The van der Waals surface area contributed by atoms with Crippen molar-refractivity contribution in [2.75, 3.05) is 19.6 Å². The van der Waals surface area contributed by atoms with Crippen LogP contribution in [0.15, 0.2) is 0 Å². The number of carboxylic acids is 1. The van der Waals surface area contributed by atoms with Gasteiger partial charge >= 0.3 is 18.2 Å². The molecule has 1 unspecified atom stereocenters. The summed E-state index contributed by atoms with van der Waals surface area (Å²) in [7, 11) is 0. The summed E-state index contributed by atoms with van der Waals surface area (Å²) in [5.41, 5.74) is -2.04. The summed E-state index contributed by atoms with van der Waals surface area (Å²) in [5, 5.41) is 35.6. The Hall–Kier alpha value is -2.50. The molecule has 1 rings (SSSR count). The highest BCUT2D eigenvalue weighted by Crippen LogP contribution is 2.26. The zero-order valence-corrected chi connectivity index (χ0v) is 9.24. The van der Waals surface area contributed by atoms with E-state index in [9.17, 15) is 14.4 Å². The van der Waals surface area contributed by atoms with Crippen molar-refractivity contribution in [2.24, 2.45) is 0 Å². The number of carboxylic acid groups (broad SMARTS) is 3. The van der Waals surface area contributed by atoms with Gasteiger partial charge in [0.2, 0.25) is 0 Å². The Kier molecular flexibility index (Phi) is 3.61. The number of nitriles is 1. The first-order valence-electron chi connectivity index (χ1n) is 4.94. The van der Waals surface area contributed by atoms with Crippen molar-refractivity contribution in [3.05, 3.63) is 0 Å². The fourth-order valence-corrected chi connectivity index (χ4v) is 1.90. The van der Waals surface area contributed by atoms with Gasteiger partial charge in [-0.3, -0.25) is 4.90 Å². The lowest BCUT2D eigenvalue weighted by molar-refractivity contribution is -0.153. The lowest BCUT2D eigenvalue weighted by Gasteiger charge is -2.44. The first-order chi connectivity index (χ1) is 8.35. The summed E-state index contributed by atoms with van der Waals surface area (Å²) in [6, 6.07) is 1.60. The Morgan fingerprint density at radius 1 is 1.17 bits per heavy atom. The monoisotopic (exact) mass is 257 g/mol. The minimum atomic E-state index is -2.04. The molecule has 0 spiro atoms. The summed E-state index contributed by atoms with van der Waals surface area (Å²) in [6.07, 6.45) is -3.44. The van der Waals surface area contributed by atoms with Crippen LogP contribution in [0.1, 0.15) is 6.42 Å². The molecule has 0 saturated carbocycles. The average Bonchev–Trinajstić information content (AvgIpc) is 2.28. The molecule has 1 aliphatic rings. The first-order valence-corrected chi connectivity index (χ1v) is 4.94. The molecular formula is C9H11N3O6. The third-order valence-corrected chi connectivity index (χ3v) is 2.83. The molecule has 2 amide bonds. The maximum absolute atomic E-state index is 11.3. The second-order valence-corrected chi connectivity index (χ2v) is 3.81. The van der Waals surface area contributed by atoms with Gasteiger partial charge < -0.3 is 20.2 Å². The Bertz CT molecular complexity index is 431. The molecule has 1 aliphatic heterocycles. The van der Waals surface area contributed by atoms with Gasteiger partial charge in [-0.1, -0.05) is 0 Å². The van der Waals surface area contributed by atoms with Gasteiger partial charge in [-0.15, -0.1) is 0 Å². The maximum atomic E-state index is 11.3. The van der Waals surface area contributed by atoms with Crippen molar-refractivity contribution in [1.82, 2.24) is 9.80 Å². The fourth-order valence-electron chi connectivity index (χ4n) is 1.90. The quantitative estimate of drug-likeness (QED) is 0.616. The second-order valence-electron chi connectivity index (χ2n) is 3.81. The topological polar surface area (TPSA) is 142 Å². The molecule has 1 fully saturated rings. The average molecular weight is 257 g/mol. The van der Waals surface area contributed by atoms with Gasteiger partial charge in [0.25, 0.3) is 0 Å². The van der Waals surface area contributed by atoms with Gasteiger partial charge in [0.15, 0.2) is 5.54 Å². The highest BCUT2D eigenvalue weighted by atomic mass is 16.4. The van der Waals surface area contributed by atoms with Crippen LogP contribution in [0.4, 0.5) is 9.59 Å². The number of piperazine rings is 1. The number of hydrogen-bond acceptors (Lipinski definition) is 4. The van der Waals surface area contributed by atoms with E-state index in [1.807, 2.05) is 0 Å². The molecule has 1 heterocycles. The Balaban J connectivity index is 3.17. The van der Waals surface area contributed by atoms with Crippen LogP contribution < -0.4 is 0 Å². The number of nitrogens with zero attached hydrogens (tertiary/aromatic N) is 3. The van der Waals surface area contributed by atoms with Crippen molar-refractivity contribution in [3.63, 3.8) is 0 Å². The summed E-state index contributed by atoms with van der Waals surface area (Å²) >= 11 is 0. The van der Waals surface area contributed by atoms with Crippen molar-refractivity contribution >= 4 is 18.2 Å². The van der Waals surface area contributed by atoms with Crippen molar-refractivity contribution in [2.45, 2.75) is 12.0 Å². The first kappa shape index (κ1) is 13.6. The molecule has 9 heteroatoms. The molecule has 18 heavy (non-hydrogen) atoms. The van der Waals surface area contributed by atoms with Crippen LogP contribution in [0.25, 0.3) is 0 Å². The van der Waals surface area contributed by atoms with E-state index < -0.39 is 36.7 Å². The lowest BCUT2D eigenvalue weighted by atomic mass is 9.91. The minimum Gasteiger partial charge on any atom is -0.479 e. The summed E-state index contributed by atoms with van der Waals surface area (Å²) in [4.78, 5) is 34.5.